The largest absolute Gasteiger partial charge is 0.373 e. The molecule has 118 valence electrons. The predicted molar refractivity (Wildman–Crippen MR) is 91.5 cm³/mol. The third-order valence-corrected chi connectivity index (χ3v) is 4.11. The minimum Gasteiger partial charge on any atom is -0.373 e. The fourth-order valence-electron chi connectivity index (χ4n) is 2.83. The number of nitrogens with one attached hydrogen (secondary N) is 1. The van der Waals surface area contributed by atoms with Crippen LogP contribution in [0.15, 0.2) is 48.5 Å². The van der Waals surface area contributed by atoms with Crippen LogP contribution in [0.1, 0.15) is 24.5 Å². The summed E-state index contributed by atoms with van der Waals surface area (Å²) in [6, 6.07) is 14.9. The monoisotopic (exact) mass is 308 g/mol. The van der Waals surface area contributed by atoms with Crippen LogP contribution in [0, 0.1) is 6.92 Å². The number of hydrogen-bond acceptors (Lipinski definition) is 3. The number of hydrogen-bond donors (Lipinski definition) is 1. The first-order valence-electron chi connectivity index (χ1n) is 7.87. The van der Waals surface area contributed by atoms with E-state index in [1.54, 1.807) is 0 Å². The fourth-order valence-corrected chi connectivity index (χ4v) is 2.83. The van der Waals surface area contributed by atoms with Crippen LogP contribution >= 0.6 is 0 Å². The van der Waals surface area contributed by atoms with Gasteiger partial charge in [-0.2, -0.15) is 0 Å². The molecule has 2 aromatic rings. The molecule has 2 amide bonds. The van der Waals surface area contributed by atoms with Crippen LogP contribution in [0.25, 0.3) is 0 Å². The summed E-state index contributed by atoms with van der Waals surface area (Å²) in [4.78, 5) is 26.2. The van der Waals surface area contributed by atoms with Gasteiger partial charge in [-0.15, -0.1) is 0 Å². The smallest absolute Gasteiger partial charge is 0.256 e. The molecule has 0 saturated carbocycles. The molecule has 1 saturated heterocycles. The fraction of sp³-hybridized carbons (Fsp3) is 0.263. The molecule has 4 nitrogen and oxygen atoms in total. The summed E-state index contributed by atoms with van der Waals surface area (Å²) in [6.45, 7) is 4.07. The first-order chi connectivity index (χ1) is 11.1. The lowest BCUT2D eigenvalue weighted by Crippen LogP contribution is -2.34. The minimum atomic E-state index is -0.504. The Morgan fingerprint density at radius 3 is 2.52 bits per heavy atom. The van der Waals surface area contributed by atoms with Crippen LogP contribution in [-0.2, 0) is 16.0 Å². The molecular formula is C19H20N2O2. The van der Waals surface area contributed by atoms with Gasteiger partial charge in [-0.1, -0.05) is 31.2 Å². The van der Waals surface area contributed by atoms with Gasteiger partial charge in [0, 0.05) is 5.69 Å². The molecule has 0 aromatic heterocycles. The van der Waals surface area contributed by atoms with Crippen molar-refractivity contribution in [1.82, 2.24) is 0 Å². The zero-order valence-electron chi connectivity index (χ0n) is 13.4. The Hall–Kier alpha value is -2.62. The highest BCUT2D eigenvalue weighted by atomic mass is 16.2. The molecule has 1 atom stereocenters. The number of rotatable bonds is 4. The van der Waals surface area contributed by atoms with Crippen molar-refractivity contribution in [3.63, 3.8) is 0 Å². The second-order valence-corrected chi connectivity index (χ2v) is 5.86. The van der Waals surface area contributed by atoms with Crippen LogP contribution in [0.2, 0.25) is 0 Å². The summed E-state index contributed by atoms with van der Waals surface area (Å²) in [5, 5.41) is 3.17. The molecule has 0 radical (unpaired) electrons. The lowest BCUT2D eigenvalue weighted by Gasteiger charge is -2.16. The highest BCUT2D eigenvalue weighted by Crippen LogP contribution is 2.25. The van der Waals surface area contributed by atoms with E-state index in [2.05, 4.69) is 12.2 Å². The van der Waals surface area contributed by atoms with Gasteiger partial charge in [0.25, 0.3) is 5.91 Å². The summed E-state index contributed by atoms with van der Waals surface area (Å²) >= 11 is 0. The van der Waals surface area contributed by atoms with Crippen molar-refractivity contribution in [2.24, 2.45) is 0 Å². The van der Waals surface area contributed by atoms with Gasteiger partial charge in [-0.25, -0.2) is 4.90 Å². The Balaban J connectivity index is 1.79. The highest BCUT2D eigenvalue weighted by molar-refractivity contribution is 6.23. The summed E-state index contributed by atoms with van der Waals surface area (Å²) < 4.78 is 0. The van der Waals surface area contributed by atoms with E-state index in [1.165, 1.54) is 10.5 Å². The van der Waals surface area contributed by atoms with Crippen LogP contribution in [-0.4, -0.2) is 17.9 Å². The lowest BCUT2D eigenvalue weighted by atomic mass is 10.1. The first kappa shape index (κ1) is 15.3. The van der Waals surface area contributed by atoms with Crippen molar-refractivity contribution in [3.8, 4) is 0 Å². The van der Waals surface area contributed by atoms with Crippen molar-refractivity contribution < 1.29 is 9.59 Å². The van der Waals surface area contributed by atoms with Gasteiger partial charge in [0.05, 0.1) is 12.1 Å². The molecule has 1 N–H and O–H groups in total. The van der Waals surface area contributed by atoms with Gasteiger partial charge in [0.2, 0.25) is 5.91 Å². The molecule has 0 bridgehead atoms. The van der Waals surface area contributed by atoms with Crippen molar-refractivity contribution in [1.29, 1.82) is 0 Å². The van der Waals surface area contributed by atoms with Gasteiger partial charge < -0.3 is 5.32 Å². The summed E-state index contributed by atoms with van der Waals surface area (Å²) in [5.41, 5.74) is 3.80. The average Bonchev–Trinajstić information content (AvgIpc) is 2.81. The lowest BCUT2D eigenvalue weighted by molar-refractivity contribution is -0.121. The molecule has 1 heterocycles. The van der Waals surface area contributed by atoms with E-state index in [0.29, 0.717) is 5.69 Å². The van der Waals surface area contributed by atoms with E-state index >= 15 is 0 Å². The van der Waals surface area contributed by atoms with Crippen LogP contribution in [0.3, 0.4) is 0 Å². The Morgan fingerprint density at radius 1 is 1.13 bits per heavy atom. The summed E-state index contributed by atoms with van der Waals surface area (Å²) in [6.07, 6.45) is 1.11. The molecular weight excluding hydrogens is 288 g/mol. The van der Waals surface area contributed by atoms with Crippen LogP contribution in [0.4, 0.5) is 11.4 Å². The number of nitrogens with zero attached hydrogens (tertiary/aromatic N) is 1. The Morgan fingerprint density at radius 2 is 1.87 bits per heavy atom. The summed E-state index contributed by atoms with van der Waals surface area (Å²) in [7, 11) is 0. The standard InChI is InChI=1S/C19H20N2O2/c1-3-14-7-9-16(10-8-14)21-18(22)12-17(19(21)23)20-15-6-4-5-13(2)11-15/h4-11,17,20H,3,12H2,1-2H3/t17-/m0/s1. The van der Waals surface area contributed by atoms with Gasteiger partial charge in [-0.05, 0) is 48.7 Å². The van der Waals surface area contributed by atoms with E-state index in [0.717, 1.165) is 17.7 Å². The molecule has 23 heavy (non-hydrogen) atoms. The van der Waals surface area contributed by atoms with E-state index < -0.39 is 6.04 Å². The van der Waals surface area contributed by atoms with Crippen LogP contribution < -0.4 is 10.2 Å². The number of carbonyl (C=O) groups is 2. The average molecular weight is 308 g/mol. The molecule has 0 unspecified atom stereocenters. The van der Waals surface area contributed by atoms with Crippen molar-refractivity contribution >= 4 is 23.2 Å². The number of carbonyl (C=O) groups excluding carboxylic acids is 2. The molecule has 0 aliphatic carbocycles. The second kappa shape index (κ2) is 6.24. The zero-order valence-corrected chi connectivity index (χ0v) is 13.4. The first-order valence-corrected chi connectivity index (χ1v) is 7.87. The van der Waals surface area contributed by atoms with Gasteiger partial charge in [-0.3, -0.25) is 9.59 Å². The molecule has 3 rings (SSSR count). The maximum atomic E-state index is 12.6. The predicted octanol–water partition coefficient (Wildman–Crippen LogP) is 3.30. The number of imide groups is 1. The topological polar surface area (TPSA) is 49.4 Å². The molecule has 1 fully saturated rings. The SMILES string of the molecule is CCc1ccc(N2C(=O)C[C@H](Nc3cccc(C)c3)C2=O)cc1. The van der Waals surface area contributed by atoms with Crippen LogP contribution in [0.5, 0.6) is 0 Å². The third-order valence-electron chi connectivity index (χ3n) is 4.11. The van der Waals surface area contributed by atoms with Gasteiger partial charge in [0.15, 0.2) is 0 Å². The van der Waals surface area contributed by atoms with Gasteiger partial charge in [0.1, 0.15) is 6.04 Å². The normalized spacial score (nSPS) is 17.7. The molecule has 2 aromatic carbocycles. The second-order valence-electron chi connectivity index (χ2n) is 5.86. The Bertz CT molecular complexity index is 737. The molecule has 1 aliphatic heterocycles. The number of amides is 2. The maximum absolute atomic E-state index is 12.6. The summed E-state index contributed by atoms with van der Waals surface area (Å²) in [5.74, 6) is -0.356. The Kier molecular flexibility index (Phi) is 4.15. The van der Waals surface area contributed by atoms with E-state index in [4.69, 9.17) is 0 Å². The minimum absolute atomic E-state index is 0.163. The van der Waals surface area contributed by atoms with Crippen molar-refractivity contribution in [2.75, 3.05) is 10.2 Å². The quantitative estimate of drug-likeness (QED) is 0.882. The van der Waals surface area contributed by atoms with E-state index in [9.17, 15) is 9.59 Å². The Labute approximate surface area is 136 Å². The third kappa shape index (κ3) is 3.11. The molecule has 4 heteroatoms. The zero-order chi connectivity index (χ0) is 16.4. The molecule has 0 spiro atoms. The number of aryl methyl sites for hydroxylation is 2. The van der Waals surface area contributed by atoms with Gasteiger partial charge >= 0.3 is 0 Å². The molecule has 1 aliphatic rings. The maximum Gasteiger partial charge on any atom is 0.256 e. The van der Waals surface area contributed by atoms with Crippen molar-refractivity contribution in [2.45, 2.75) is 32.7 Å². The van der Waals surface area contributed by atoms with E-state index in [1.807, 2.05) is 55.5 Å². The highest BCUT2D eigenvalue weighted by Gasteiger charge is 2.39. The van der Waals surface area contributed by atoms with Crippen molar-refractivity contribution in [3.05, 3.63) is 59.7 Å². The number of anilines is 2. The van der Waals surface area contributed by atoms with E-state index in [-0.39, 0.29) is 18.2 Å². The number of benzene rings is 2.